The van der Waals surface area contributed by atoms with Gasteiger partial charge in [-0.1, -0.05) is 20.8 Å². The van der Waals surface area contributed by atoms with E-state index in [1.54, 1.807) is 16.7 Å². The van der Waals surface area contributed by atoms with Crippen molar-refractivity contribution in [2.24, 2.45) is 5.92 Å². The summed E-state index contributed by atoms with van der Waals surface area (Å²) in [5, 5.41) is 2.93. The molecule has 0 aromatic rings. The van der Waals surface area contributed by atoms with Crippen molar-refractivity contribution in [3.8, 4) is 0 Å². The highest BCUT2D eigenvalue weighted by Crippen LogP contribution is 2.26. The summed E-state index contributed by atoms with van der Waals surface area (Å²) >= 11 is 1.77. The summed E-state index contributed by atoms with van der Waals surface area (Å²) in [6.45, 7) is 8.52. The minimum absolute atomic E-state index is 0.0281. The summed E-state index contributed by atoms with van der Waals surface area (Å²) in [5.74, 6) is 1.46. The van der Waals surface area contributed by atoms with E-state index < -0.39 is 5.54 Å². The summed E-state index contributed by atoms with van der Waals surface area (Å²) < 4.78 is 0. The van der Waals surface area contributed by atoms with Crippen molar-refractivity contribution in [2.45, 2.75) is 52.1 Å². The van der Waals surface area contributed by atoms with Crippen molar-refractivity contribution < 1.29 is 9.59 Å². The summed E-state index contributed by atoms with van der Waals surface area (Å²) in [6, 6.07) is -0.358. The fraction of sp³-hybridized carbons (Fsp3) is 0.857. The van der Waals surface area contributed by atoms with Crippen LogP contribution in [0.1, 0.15) is 40.5 Å². The van der Waals surface area contributed by atoms with Gasteiger partial charge in [0.25, 0.3) is 0 Å². The summed E-state index contributed by atoms with van der Waals surface area (Å²) in [7, 11) is 0. The average Bonchev–Trinajstić information content (AvgIpc) is 2.39. The predicted octanol–water partition coefficient (Wildman–Crippen LogP) is 1.89. The Labute approximate surface area is 120 Å². The summed E-state index contributed by atoms with van der Waals surface area (Å²) in [6.07, 6.45) is 3.36. The standard InChI is InChI=1S/C14H26N2O2S/c1-6-14(7-2)13(18)16(8-10(3)9-19-5)11(4)12(17)15-14/h10-11H,6-9H2,1-5H3,(H,15,17). The second kappa shape index (κ2) is 6.64. The summed E-state index contributed by atoms with van der Waals surface area (Å²) in [5.41, 5.74) is -0.692. The second-order valence-electron chi connectivity index (χ2n) is 5.47. The van der Waals surface area contributed by atoms with Crippen LogP contribution in [0.4, 0.5) is 0 Å². The maximum atomic E-state index is 12.7. The number of piperazine rings is 1. The quantitative estimate of drug-likeness (QED) is 0.811. The molecule has 0 bridgehead atoms. The van der Waals surface area contributed by atoms with Crippen LogP contribution in [0.2, 0.25) is 0 Å². The molecule has 0 spiro atoms. The van der Waals surface area contributed by atoms with Crippen LogP contribution in [0, 0.1) is 5.92 Å². The van der Waals surface area contributed by atoms with E-state index in [0.717, 1.165) is 5.75 Å². The molecule has 1 rings (SSSR count). The SMILES string of the molecule is CCC1(CC)NC(=O)C(C)N(CC(C)CSC)C1=O. The molecule has 19 heavy (non-hydrogen) atoms. The lowest BCUT2D eigenvalue weighted by atomic mass is 9.87. The lowest BCUT2D eigenvalue weighted by Gasteiger charge is -2.45. The molecule has 0 saturated carbocycles. The van der Waals surface area contributed by atoms with Gasteiger partial charge in [-0.3, -0.25) is 9.59 Å². The van der Waals surface area contributed by atoms with Crippen LogP contribution in [-0.4, -0.2) is 46.8 Å². The fourth-order valence-electron chi connectivity index (χ4n) is 2.63. The van der Waals surface area contributed by atoms with E-state index in [0.29, 0.717) is 25.3 Å². The van der Waals surface area contributed by atoms with Gasteiger partial charge < -0.3 is 10.2 Å². The van der Waals surface area contributed by atoms with E-state index >= 15 is 0 Å². The van der Waals surface area contributed by atoms with E-state index in [4.69, 9.17) is 0 Å². The molecule has 1 heterocycles. The third-order valence-electron chi connectivity index (χ3n) is 4.05. The largest absolute Gasteiger partial charge is 0.340 e. The number of carbonyl (C=O) groups is 2. The molecule has 5 heteroatoms. The van der Waals surface area contributed by atoms with E-state index in [2.05, 4.69) is 18.5 Å². The number of thioether (sulfide) groups is 1. The summed E-state index contributed by atoms with van der Waals surface area (Å²) in [4.78, 5) is 26.6. The van der Waals surface area contributed by atoms with Gasteiger partial charge in [0.2, 0.25) is 11.8 Å². The highest BCUT2D eigenvalue weighted by Gasteiger charge is 2.47. The highest BCUT2D eigenvalue weighted by molar-refractivity contribution is 7.98. The highest BCUT2D eigenvalue weighted by atomic mass is 32.2. The molecule has 2 atom stereocenters. The number of nitrogens with zero attached hydrogens (tertiary/aromatic N) is 1. The van der Waals surface area contributed by atoms with Crippen LogP contribution >= 0.6 is 11.8 Å². The molecule has 1 N–H and O–H groups in total. The van der Waals surface area contributed by atoms with Gasteiger partial charge in [0.15, 0.2) is 0 Å². The lowest BCUT2D eigenvalue weighted by Crippen LogP contribution is -2.69. The van der Waals surface area contributed by atoms with Gasteiger partial charge in [-0.2, -0.15) is 11.8 Å². The molecule has 2 unspecified atom stereocenters. The number of nitrogens with one attached hydrogen (secondary N) is 1. The van der Waals surface area contributed by atoms with Crippen LogP contribution in [0.3, 0.4) is 0 Å². The first kappa shape index (κ1) is 16.3. The number of hydrogen-bond acceptors (Lipinski definition) is 3. The van der Waals surface area contributed by atoms with Crippen LogP contribution in [0.15, 0.2) is 0 Å². The van der Waals surface area contributed by atoms with E-state index in [1.165, 1.54) is 0 Å². The van der Waals surface area contributed by atoms with Gasteiger partial charge in [-0.15, -0.1) is 0 Å². The van der Waals surface area contributed by atoms with E-state index in [9.17, 15) is 9.59 Å². The van der Waals surface area contributed by atoms with Gasteiger partial charge in [0.1, 0.15) is 11.6 Å². The van der Waals surface area contributed by atoms with Crippen LogP contribution < -0.4 is 5.32 Å². The topological polar surface area (TPSA) is 49.4 Å². The van der Waals surface area contributed by atoms with Crippen LogP contribution in [-0.2, 0) is 9.59 Å². The first-order valence-corrected chi connectivity index (χ1v) is 8.43. The zero-order valence-corrected chi connectivity index (χ0v) is 13.5. The molecule has 0 aromatic carbocycles. The minimum Gasteiger partial charge on any atom is -0.340 e. The average molecular weight is 286 g/mol. The normalized spacial score (nSPS) is 24.3. The molecular formula is C14H26N2O2S. The Morgan fingerprint density at radius 1 is 1.37 bits per heavy atom. The van der Waals surface area contributed by atoms with Crippen molar-refractivity contribution in [3.05, 3.63) is 0 Å². The van der Waals surface area contributed by atoms with Crippen molar-refractivity contribution in [1.82, 2.24) is 10.2 Å². The van der Waals surface area contributed by atoms with Crippen LogP contribution in [0.5, 0.6) is 0 Å². The number of rotatable bonds is 6. The van der Waals surface area contributed by atoms with Crippen molar-refractivity contribution in [2.75, 3.05) is 18.6 Å². The monoisotopic (exact) mass is 286 g/mol. The van der Waals surface area contributed by atoms with E-state index in [-0.39, 0.29) is 17.9 Å². The third kappa shape index (κ3) is 3.25. The molecule has 2 amide bonds. The molecule has 1 fully saturated rings. The predicted molar refractivity (Wildman–Crippen MR) is 80.2 cm³/mol. The van der Waals surface area contributed by atoms with Gasteiger partial charge >= 0.3 is 0 Å². The Hall–Kier alpha value is -0.710. The van der Waals surface area contributed by atoms with Crippen molar-refractivity contribution >= 4 is 23.6 Å². The Balaban J connectivity index is 2.93. The zero-order chi connectivity index (χ0) is 14.6. The zero-order valence-electron chi connectivity index (χ0n) is 12.7. The Kier molecular flexibility index (Phi) is 5.71. The van der Waals surface area contributed by atoms with Gasteiger partial charge in [-0.25, -0.2) is 0 Å². The first-order chi connectivity index (χ1) is 8.91. The maximum absolute atomic E-state index is 12.7. The molecule has 0 radical (unpaired) electrons. The molecule has 4 nitrogen and oxygen atoms in total. The second-order valence-corrected chi connectivity index (χ2v) is 6.38. The lowest BCUT2D eigenvalue weighted by molar-refractivity contribution is -0.155. The first-order valence-electron chi connectivity index (χ1n) is 7.03. The molecule has 0 aliphatic carbocycles. The molecule has 1 aliphatic heterocycles. The van der Waals surface area contributed by atoms with Gasteiger partial charge in [0, 0.05) is 6.54 Å². The molecular weight excluding hydrogens is 260 g/mol. The van der Waals surface area contributed by atoms with Crippen molar-refractivity contribution in [3.63, 3.8) is 0 Å². The minimum atomic E-state index is -0.692. The molecule has 1 saturated heterocycles. The van der Waals surface area contributed by atoms with E-state index in [1.807, 2.05) is 20.8 Å². The third-order valence-corrected chi connectivity index (χ3v) is 4.95. The molecule has 0 aromatic heterocycles. The van der Waals surface area contributed by atoms with Gasteiger partial charge in [0.05, 0.1) is 0 Å². The van der Waals surface area contributed by atoms with Gasteiger partial charge in [-0.05, 0) is 37.7 Å². The fourth-order valence-corrected chi connectivity index (χ4v) is 3.30. The number of carbonyl (C=O) groups excluding carboxylic acids is 2. The Morgan fingerprint density at radius 3 is 2.42 bits per heavy atom. The number of hydrogen-bond donors (Lipinski definition) is 1. The molecule has 110 valence electrons. The smallest absolute Gasteiger partial charge is 0.248 e. The molecule has 1 aliphatic rings. The number of amides is 2. The van der Waals surface area contributed by atoms with Crippen molar-refractivity contribution in [1.29, 1.82) is 0 Å². The van der Waals surface area contributed by atoms with Crippen LogP contribution in [0.25, 0.3) is 0 Å². The Morgan fingerprint density at radius 2 is 1.95 bits per heavy atom. The maximum Gasteiger partial charge on any atom is 0.248 e. The Bertz CT molecular complexity index is 342.